The lowest BCUT2D eigenvalue weighted by Gasteiger charge is -2.12. The fourth-order valence-electron chi connectivity index (χ4n) is 4.13. The molecule has 0 amide bonds. The fourth-order valence-corrected chi connectivity index (χ4v) is 5.25. The van der Waals surface area contributed by atoms with Crippen molar-refractivity contribution < 1.29 is 4.39 Å². The van der Waals surface area contributed by atoms with Crippen LogP contribution in [0.1, 0.15) is 17.5 Å². The van der Waals surface area contributed by atoms with Crippen molar-refractivity contribution in [3.63, 3.8) is 0 Å². The quantitative estimate of drug-likeness (QED) is 0.371. The molecule has 0 bridgehead atoms. The van der Waals surface area contributed by atoms with Crippen molar-refractivity contribution in [1.82, 2.24) is 14.1 Å². The lowest BCUT2D eigenvalue weighted by Crippen LogP contribution is -2.38. The normalized spacial score (nSPS) is 11.0. The van der Waals surface area contributed by atoms with Gasteiger partial charge in [-0.2, -0.15) is 10.5 Å². The van der Waals surface area contributed by atoms with Gasteiger partial charge >= 0.3 is 5.69 Å². The molecule has 2 aromatic carbocycles. The second kappa shape index (κ2) is 8.64. The standard InChI is InChI=1S/C26H16FN5O2S/c1-15-9-19(17(12-29)10-20(15)27)23-11-21-24(35-23)25(33)32(26(34)31(21)8-4-7-28)22-14-30-13-16-5-2-3-6-18(16)22/h2-3,5-6,9-11,13-14H,4,8H2,1H3. The number of nitrogens with zero attached hydrogens (tertiary/aromatic N) is 5. The van der Waals surface area contributed by atoms with E-state index in [9.17, 15) is 19.2 Å². The molecule has 5 aromatic rings. The van der Waals surface area contributed by atoms with E-state index in [1.54, 1.807) is 25.3 Å². The summed E-state index contributed by atoms with van der Waals surface area (Å²) in [5.41, 5.74) is 0.564. The van der Waals surface area contributed by atoms with Crippen LogP contribution < -0.4 is 11.2 Å². The average Bonchev–Trinajstić information content (AvgIpc) is 3.31. The average molecular weight is 482 g/mol. The Hall–Kier alpha value is -4.60. The molecule has 0 atom stereocenters. The van der Waals surface area contributed by atoms with E-state index in [0.29, 0.717) is 32.6 Å². The summed E-state index contributed by atoms with van der Waals surface area (Å²) in [4.78, 5) is 32.1. The van der Waals surface area contributed by atoms with E-state index < -0.39 is 17.1 Å². The summed E-state index contributed by atoms with van der Waals surface area (Å²) in [7, 11) is 0. The van der Waals surface area contributed by atoms with Crippen molar-refractivity contribution in [1.29, 1.82) is 10.5 Å². The Morgan fingerprint density at radius 1 is 1.11 bits per heavy atom. The molecule has 170 valence electrons. The zero-order valence-electron chi connectivity index (χ0n) is 18.4. The monoisotopic (exact) mass is 481 g/mol. The third kappa shape index (κ3) is 3.59. The van der Waals surface area contributed by atoms with Crippen LogP contribution in [0.15, 0.2) is 64.4 Å². The summed E-state index contributed by atoms with van der Waals surface area (Å²) in [6.45, 7) is 1.67. The number of fused-ring (bicyclic) bond motifs is 2. The van der Waals surface area contributed by atoms with Crippen molar-refractivity contribution in [2.45, 2.75) is 19.9 Å². The first-order valence-corrected chi connectivity index (χ1v) is 11.5. The summed E-state index contributed by atoms with van der Waals surface area (Å²) < 4.78 is 16.8. The zero-order chi connectivity index (χ0) is 24.7. The molecule has 3 heterocycles. The largest absolute Gasteiger partial charge is 0.336 e. The molecule has 9 heteroatoms. The SMILES string of the molecule is Cc1cc(-c2cc3c(s2)c(=O)n(-c2cncc4ccccc24)c(=O)n3CCC#N)c(C#N)cc1F. The van der Waals surface area contributed by atoms with Crippen LogP contribution in [0, 0.1) is 35.4 Å². The van der Waals surface area contributed by atoms with Crippen molar-refractivity contribution in [3.8, 4) is 28.3 Å². The van der Waals surface area contributed by atoms with Gasteiger partial charge in [0.1, 0.15) is 10.5 Å². The number of halogens is 1. The van der Waals surface area contributed by atoms with Gasteiger partial charge in [0.25, 0.3) is 5.56 Å². The van der Waals surface area contributed by atoms with E-state index in [0.717, 1.165) is 27.4 Å². The molecule has 5 rings (SSSR count). The maximum atomic E-state index is 14.1. The van der Waals surface area contributed by atoms with Crippen LogP contribution in [0.25, 0.3) is 37.1 Å². The second-order valence-corrected chi connectivity index (χ2v) is 9.00. The summed E-state index contributed by atoms with van der Waals surface area (Å²) in [6.07, 6.45) is 3.18. The van der Waals surface area contributed by atoms with E-state index >= 15 is 0 Å². The smallest absolute Gasteiger partial charge is 0.291 e. The van der Waals surface area contributed by atoms with Gasteiger partial charge in [-0.15, -0.1) is 11.3 Å². The van der Waals surface area contributed by atoms with Crippen molar-refractivity contribution in [2.75, 3.05) is 0 Å². The first-order chi connectivity index (χ1) is 16.9. The zero-order valence-corrected chi connectivity index (χ0v) is 19.3. The Labute approximate surface area is 202 Å². The molecule has 0 spiro atoms. The number of rotatable bonds is 4. The molecule has 0 radical (unpaired) electrons. The van der Waals surface area contributed by atoms with Gasteiger partial charge in [0, 0.05) is 34.0 Å². The summed E-state index contributed by atoms with van der Waals surface area (Å²) in [6, 6.07) is 15.7. The number of aryl methyl sites for hydroxylation is 2. The van der Waals surface area contributed by atoms with Crippen molar-refractivity contribution in [2.24, 2.45) is 0 Å². The molecule has 0 saturated carbocycles. The van der Waals surface area contributed by atoms with Crippen molar-refractivity contribution >= 4 is 32.3 Å². The van der Waals surface area contributed by atoms with E-state index in [-0.39, 0.29) is 23.2 Å². The Bertz CT molecular complexity index is 1850. The van der Waals surface area contributed by atoms with E-state index in [4.69, 9.17) is 5.26 Å². The predicted octanol–water partition coefficient (Wildman–Crippen LogP) is 4.66. The Balaban J connectivity index is 1.87. The highest BCUT2D eigenvalue weighted by molar-refractivity contribution is 7.22. The number of benzene rings is 2. The molecule has 0 N–H and O–H groups in total. The van der Waals surface area contributed by atoms with Crippen LogP contribution in [0.5, 0.6) is 0 Å². The highest BCUT2D eigenvalue weighted by atomic mass is 32.1. The minimum Gasteiger partial charge on any atom is -0.291 e. The highest BCUT2D eigenvalue weighted by Crippen LogP contribution is 2.35. The molecule has 7 nitrogen and oxygen atoms in total. The molecule has 0 saturated heterocycles. The lowest BCUT2D eigenvalue weighted by atomic mass is 10.0. The molecular formula is C26H16FN5O2S. The van der Waals surface area contributed by atoms with Crippen LogP contribution in [0.3, 0.4) is 0 Å². The van der Waals surface area contributed by atoms with Gasteiger partial charge in [-0.25, -0.2) is 13.8 Å². The molecule has 0 aliphatic rings. The fraction of sp³-hybridized carbons (Fsp3) is 0.115. The van der Waals surface area contributed by atoms with Crippen LogP contribution in [0.2, 0.25) is 0 Å². The van der Waals surface area contributed by atoms with Crippen LogP contribution in [0.4, 0.5) is 4.39 Å². The number of aromatic nitrogens is 3. The number of hydrogen-bond donors (Lipinski definition) is 0. The lowest BCUT2D eigenvalue weighted by molar-refractivity contribution is 0.618. The number of hydrogen-bond acceptors (Lipinski definition) is 6. The summed E-state index contributed by atoms with van der Waals surface area (Å²) in [5, 5.41) is 20.2. The maximum absolute atomic E-state index is 14.1. The second-order valence-electron chi connectivity index (χ2n) is 7.95. The number of pyridine rings is 1. The first kappa shape index (κ1) is 22.2. The van der Waals surface area contributed by atoms with Gasteiger partial charge in [-0.1, -0.05) is 24.3 Å². The van der Waals surface area contributed by atoms with Gasteiger partial charge in [-0.05, 0) is 30.7 Å². The topological polar surface area (TPSA) is 104 Å². The van der Waals surface area contributed by atoms with Gasteiger partial charge in [0.05, 0.1) is 41.5 Å². The molecule has 0 aliphatic carbocycles. The molecule has 0 unspecified atom stereocenters. The number of nitriles is 2. The van der Waals surface area contributed by atoms with Gasteiger partial charge < -0.3 is 0 Å². The Morgan fingerprint density at radius 2 is 1.91 bits per heavy atom. The third-order valence-corrected chi connectivity index (χ3v) is 6.99. The van der Waals surface area contributed by atoms with E-state index in [1.807, 2.05) is 36.4 Å². The van der Waals surface area contributed by atoms with Crippen LogP contribution >= 0.6 is 11.3 Å². The minimum atomic E-state index is -0.587. The van der Waals surface area contributed by atoms with E-state index in [2.05, 4.69) is 4.98 Å². The molecule has 35 heavy (non-hydrogen) atoms. The summed E-state index contributed by atoms with van der Waals surface area (Å²) in [5.74, 6) is -0.497. The molecule has 3 aromatic heterocycles. The van der Waals surface area contributed by atoms with Crippen LogP contribution in [-0.2, 0) is 6.54 Å². The van der Waals surface area contributed by atoms with Gasteiger partial charge in [0.15, 0.2) is 0 Å². The third-order valence-electron chi connectivity index (χ3n) is 5.84. The van der Waals surface area contributed by atoms with Gasteiger partial charge in [-0.3, -0.25) is 14.3 Å². The highest BCUT2D eigenvalue weighted by Gasteiger charge is 2.21. The molecule has 0 aliphatic heterocycles. The van der Waals surface area contributed by atoms with Gasteiger partial charge in [0.2, 0.25) is 0 Å². The Morgan fingerprint density at radius 3 is 2.69 bits per heavy atom. The molecular weight excluding hydrogens is 465 g/mol. The van der Waals surface area contributed by atoms with E-state index in [1.165, 1.54) is 10.8 Å². The van der Waals surface area contributed by atoms with Crippen LogP contribution in [-0.4, -0.2) is 14.1 Å². The number of thiophene rings is 1. The minimum absolute atomic E-state index is 0.0608. The molecule has 0 fully saturated rings. The first-order valence-electron chi connectivity index (χ1n) is 10.6. The van der Waals surface area contributed by atoms with Crippen molar-refractivity contribution in [3.05, 3.63) is 92.6 Å². The Kier molecular flexibility index (Phi) is 5.48. The maximum Gasteiger partial charge on any atom is 0.336 e. The predicted molar refractivity (Wildman–Crippen MR) is 132 cm³/mol. The summed E-state index contributed by atoms with van der Waals surface area (Å²) >= 11 is 1.12.